The molecule has 7 heteroatoms. The summed E-state index contributed by atoms with van der Waals surface area (Å²) in [6, 6.07) is 1.93. The highest BCUT2D eigenvalue weighted by molar-refractivity contribution is 5.96. The van der Waals surface area contributed by atoms with E-state index in [1.165, 1.54) is 12.1 Å². The Labute approximate surface area is 161 Å². The van der Waals surface area contributed by atoms with Gasteiger partial charge in [-0.25, -0.2) is 18.7 Å². The predicted molar refractivity (Wildman–Crippen MR) is 98.0 cm³/mol. The van der Waals surface area contributed by atoms with Gasteiger partial charge < -0.3 is 5.73 Å². The molecule has 0 aliphatic heterocycles. The predicted octanol–water partition coefficient (Wildman–Crippen LogP) is 2.83. The van der Waals surface area contributed by atoms with E-state index in [0.717, 1.165) is 24.0 Å². The van der Waals surface area contributed by atoms with Crippen LogP contribution in [0, 0.1) is 11.6 Å². The van der Waals surface area contributed by atoms with Crippen LogP contribution in [0.5, 0.6) is 0 Å². The highest BCUT2D eigenvalue weighted by Gasteiger charge is 2.30. The summed E-state index contributed by atoms with van der Waals surface area (Å²) >= 11 is 0. The molecule has 0 saturated carbocycles. The number of aromatic nitrogens is 2. The summed E-state index contributed by atoms with van der Waals surface area (Å²) in [6.45, 7) is 0. The van der Waals surface area contributed by atoms with Crippen LogP contribution in [0.15, 0.2) is 18.3 Å². The first-order chi connectivity index (χ1) is 13.4. The van der Waals surface area contributed by atoms with Crippen LogP contribution < -0.4 is 5.73 Å². The van der Waals surface area contributed by atoms with Crippen molar-refractivity contribution in [1.82, 2.24) is 9.97 Å². The van der Waals surface area contributed by atoms with Crippen molar-refractivity contribution in [2.45, 2.75) is 56.9 Å². The van der Waals surface area contributed by atoms with E-state index in [4.69, 9.17) is 5.73 Å². The lowest BCUT2D eigenvalue weighted by Crippen LogP contribution is -2.31. The number of ketones is 2. The van der Waals surface area contributed by atoms with E-state index in [1.807, 2.05) is 0 Å². The van der Waals surface area contributed by atoms with Crippen LogP contribution in [-0.2, 0) is 24.1 Å². The second-order valence-electron chi connectivity index (χ2n) is 7.63. The molecule has 2 aliphatic carbocycles. The van der Waals surface area contributed by atoms with Gasteiger partial charge in [0.15, 0.2) is 17.4 Å². The van der Waals surface area contributed by atoms with E-state index in [0.29, 0.717) is 36.3 Å². The number of halogens is 2. The van der Waals surface area contributed by atoms with Crippen LogP contribution in [-0.4, -0.2) is 27.6 Å². The molecule has 5 nitrogen and oxygen atoms in total. The first-order valence-corrected chi connectivity index (χ1v) is 9.55. The maximum Gasteiger partial charge on any atom is 0.181 e. The van der Waals surface area contributed by atoms with E-state index in [9.17, 15) is 18.4 Å². The standard InChI is InChI=1S/C21H21F2N3O2/c22-16-6-11-4-5-14(15(11)9-17(16)23)18(24)7-13(27)8-20-25-10-12-2-1-3-19(28)21(12)26-20/h6,9-10,14,18H,1-5,7-8,24H2. The van der Waals surface area contributed by atoms with Gasteiger partial charge in [0.25, 0.3) is 0 Å². The molecule has 0 radical (unpaired) electrons. The highest BCUT2D eigenvalue weighted by atomic mass is 19.2. The SMILES string of the molecule is NC(CC(=O)Cc1ncc2c(n1)C(=O)CCC2)C1CCc2cc(F)c(F)cc21. The van der Waals surface area contributed by atoms with Gasteiger partial charge in [0, 0.05) is 31.0 Å². The Balaban J connectivity index is 1.43. The Morgan fingerprint density at radius 1 is 1.18 bits per heavy atom. The Kier molecular flexibility index (Phi) is 5.02. The molecule has 1 aromatic carbocycles. The van der Waals surface area contributed by atoms with Gasteiger partial charge in [0.05, 0.1) is 6.42 Å². The fraction of sp³-hybridized carbons (Fsp3) is 0.429. The minimum absolute atomic E-state index is 0.00557. The second-order valence-corrected chi connectivity index (χ2v) is 7.63. The first-order valence-electron chi connectivity index (χ1n) is 9.55. The molecule has 146 valence electrons. The van der Waals surface area contributed by atoms with Gasteiger partial charge in [-0.2, -0.15) is 0 Å². The molecule has 28 heavy (non-hydrogen) atoms. The number of fused-ring (bicyclic) bond motifs is 2. The summed E-state index contributed by atoms with van der Waals surface area (Å²) in [5.41, 5.74) is 8.94. The van der Waals surface area contributed by atoms with Crippen molar-refractivity contribution in [3.05, 3.63) is 58.2 Å². The lowest BCUT2D eigenvalue weighted by atomic mass is 9.90. The molecule has 0 spiro atoms. The molecule has 2 aliphatic rings. The fourth-order valence-electron chi connectivity index (χ4n) is 4.24. The average Bonchev–Trinajstić information content (AvgIpc) is 3.05. The van der Waals surface area contributed by atoms with Crippen LogP contribution in [0.3, 0.4) is 0 Å². The molecule has 0 amide bonds. The van der Waals surface area contributed by atoms with Gasteiger partial charge in [-0.1, -0.05) is 0 Å². The summed E-state index contributed by atoms with van der Waals surface area (Å²) in [5.74, 6) is -1.75. The molecule has 2 aromatic rings. The van der Waals surface area contributed by atoms with Crippen molar-refractivity contribution in [2.24, 2.45) is 5.73 Å². The van der Waals surface area contributed by atoms with Gasteiger partial charge in [-0.3, -0.25) is 9.59 Å². The minimum atomic E-state index is -0.892. The molecule has 2 N–H and O–H groups in total. The Morgan fingerprint density at radius 3 is 2.79 bits per heavy atom. The zero-order chi connectivity index (χ0) is 19.8. The van der Waals surface area contributed by atoms with Gasteiger partial charge in [-0.15, -0.1) is 0 Å². The van der Waals surface area contributed by atoms with E-state index < -0.39 is 17.7 Å². The van der Waals surface area contributed by atoms with Crippen molar-refractivity contribution < 1.29 is 18.4 Å². The van der Waals surface area contributed by atoms with Gasteiger partial charge in [0.1, 0.15) is 17.3 Å². The minimum Gasteiger partial charge on any atom is -0.327 e. The van der Waals surface area contributed by atoms with Crippen molar-refractivity contribution in [1.29, 1.82) is 0 Å². The van der Waals surface area contributed by atoms with Crippen LogP contribution >= 0.6 is 0 Å². The quantitative estimate of drug-likeness (QED) is 0.855. The second kappa shape index (κ2) is 7.47. The molecular formula is C21H21F2N3O2. The number of rotatable bonds is 5. The zero-order valence-electron chi connectivity index (χ0n) is 15.4. The van der Waals surface area contributed by atoms with Gasteiger partial charge in [0.2, 0.25) is 0 Å². The van der Waals surface area contributed by atoms with Crippen LogP contribution in [0.4, 0.5) is 8.78 Å². The van der Waals surface area contributed by atoms with E-state index in [1.54, 1.807) is 6.20 Å². The number of aryl methyl sites for hydroxylation is 2. The third-order valence-corrected chi connectivity index (χ3v) is 5.67. The molecule has 2 unspecified atom stereocenters. The third kappa shape index (κ3) is 3.58. The van der Waals surface area contributed by atoms with Gasteiger partial charge >= 0.3 is 0 Å². The largest absolute Gasteiger partial charge is 0.327 e. The van der Waals surface area contributed by atoms with E-state index in [2.05, 4.69) is 9.97 Å². The number of carbonyl (C=O) groups excluding carboxylic acids is 2. The fourth-order valence-corrected chi connectivity index (χ4v) is 4.24. The Morgan fingerprint density at radius 2 is 1.96 bits per heavy atom. The first kappa shape index (κ1) is 18.8. The number of Topliss-reactive ketones (excluding diaryl/α,β-unsaturated/α-hetero) is 2. The zero-order valence-corrected chi connectivity index (χ0v) is 15.4. The summed E-state index contributed by atoms with van der Waals surface area (Å²) in [7, 11) is 0. The highest BCUT2D eigenvalue weighted by Crippen LogP contribution is 2.37. The van der Waals surface area contributed by atoms with Crippen molar-refractivity contribution in [3.63, 3.8) is 0 Å². The number of benzene rings is 1. The normalized spacial score (nSPS) is 19.2. The van der Waals surface area contributed by atoms with Crippen molar-refractivity contribution in [2.75, 3.05) is 0 Å². The molecule has 1 heterocycles. The maximum atomic E-state index is 13.6. The number of hydrogen-bond acceptors (Lipinski definition) is 5. The topological polar surface area (TPSA) is 85.9 Å². The molecular weight excluding hydrogens is 364 g/mol. The number of nitrogens with zero attached hydrogens (tertiary/aromatic N) is 2. The number of carbonyl (C=O) groups is 2. The van der Waals surface area contributed by atoms with E-state index >= 15 is 0 Å². The monoisotopic (exact) mass is 385 g/mol. The molecule has 0 saturated heterocycles. The van der Waals surface area contributed by atoms with Crippen LogP contribution in [0.2, 0.25) is 0 Å². The smallest absolute Gasteiger partial charge is 0.181 e. The van der Waals surface area contributed by atoms with E-state index in [-0.39, 0.29) is 30.3 Å². The lowest BCUT2D eigenvalue weighted by Gasteiger charge is -2.20. The Hall–Kier alpha value is -2.54. The van der Waals surface area contributed by atoms with Crippen LogP contribution in [0.25, 0.3) is 0 Å². The Bertz CT molecular complexity index is 961. The van der Waals surface area contributed by atoms with Gasteiger partial charge in [-0.05, 0) is 54.5 Å². The third-order valence-electron chi connectivity index (χ3n) is 5.67. The maximum absolute atomic E-state index is 13.6. The average molecular weight is 385 g/mol. The molecule has 0 fully saturated rings. The molecule has 0 bridgehead atoms. The molecule has 4 rings (SSSR count). The molecule has 2 atom stereocenters. The lowest BCUT2D eigenvalue weighted by molar-refractivity contribution is -0.119. The van der Waals surface area contributed by atoms with Crippen molar-refractivity contribution in [3.8, 4) is 0 Å². The summed E-state index contributed by atoms with van der Waals surface area (Å²) in [4.78, 5) is 33.0. The number of nitrogens with two attached hydrogens (primary N) is 1. The summed E-state index contributed by atoms with van der Waals surface area (Å²) in [5, 5.41) is 0. The summed E-state index contributed by atoms with van der Waals surface area (Å²) < 4.78 is 27.0. The molecule has 1 aromatic heterocycles. The van der Waals surface area contributed by atoms with Crippen LogP contribution in [0.1, 0.15) is 64.6 Å². The van der Waals surface area contributed by atoms with Crippen molar-refractivity contribution >= 4 is 11.6 Å². The summed E-state index contributed by atoms with van der Waals surface area (Å²) in [6.07, 6.45) is 5.07. The number of hydrogen-bond donors (Lipinski definition) is 1.